The minimum atomic E-state index is 0.540. The minimum Gasteiger partial charge on any atom is -0.314 e. The topological polar surface area (TPSA) is 33.1 Å². The molecule has 2 atom stereocenters. The van der Waals surface area contributed by atoms with Crippen molar-refractivity contribution in [1.82, 2.24) is 20.0 Å². The third-order valence-electron chi connectivity index (χ3n) is 4.84. The molecule has 112 valence electrons. The summed E-state index contributed by atoms with van der Waals surface area (Å²) in [5.74, 6) is 0.726. The molecule has 1 aromatic heterocycles. The van der Waals surface area contributed by atoms with Crippen LogP contribution in [0.1, 0.15) is 49.9 Å². The van der Waals surface area contributed by atoms with Crippen molar-refractivity contribution in [3.63, 3.8) is 0 Å². The van der Waals surface area contributed by atoms with Crippen molar-refractivity contribution in [1.29, 1.82) is 0 Å². The molecule has 0 spiro atoms. The molecule has 4 nitrogen and oxygen atoms in total. The van der Waals surface area contributed by atoms with Gasteiger partial charge in [0.05, 0.1) is 5.69 Å². The van der Waals surface area contributed by atoms with E-state index in [1.54, 1.807) is 0 Å². The van der Waals surface area contributed by atoms with Crippen molar-refractivity contribution in [3.8, 4) is 0 Å². The first-order valence-electron chi connectivity index (χ1n) is 8.15. The Hall–Kier alpha value is -0.870. The Morgan fingerprint density at radius 3 is 2.80 bits per heavy atom. The quantitative estimate of drug-likeness (QED) is 0.894. The molecule has 0 radical (unpaired) electrons. The van der Waals surface area contributed by atoms with Gasteiger partial charge in [-0.15, -0.1) is 0 Å². The van der Waals surface area contributed by atoms with Gasteiger partial charge in [0.15, 0.2) is 0 Å². The summed E-state index contributed by atoms with van der Waals surface area (Å²) in [7, 11) is 4.32. The summed E-state index contributed by atoms with van der Waals surface area (Å²) in [6, 6.07) is 1.35. The van der Waals surface area contributed by atoms with Crippen LogP contribution in [-0.2, 0) is 13.5 Å². The molecular formula is C16H28N4. The average Bonchev–Trinajstić information content (AvgIpc) is 3.18. The van der Waals surface area contributed by atoms with Crippen LogP contribution in [0.4, 0.5) is 0 Å². The van der Waals surface area contributed by atoms with Crippen LogP contribution in [0.3, 0.4) is 0 Å². The molecule has 1 saturated carbocycles. The van der Waals surface area contributed by atoms with Gasteiger partial charge in [0, 0.05) is 37.4 Å². The number of aryl methyl sites for hydroxylation is 2. The van der Waals surface area contributed by atoms with E-state index < -0.39 is 0 Å². The van der Waals surface area contributed by atoms with Gasteiger partial charge in [-0.2, -0.15) is 5.10 Å². The number of hydrogen-bond donors (Lipinski definition) is 1. The lowest BCUT2D eigenvalue weighted by Crippen LogP contribution is -2.41. The van der Waals surface area contributed by atoms with Gasteiger partial charge in [0.25, 0.3) is 0 Å². The highest BCUT2D eigenvalue weighted by atomic mass is 15.3. The molecule has 1 saturated heterocycles. The van der Waals surface area contributed by atoms with E-state index in [-0.39, 0.29) is 0 Å². The minimum absolute atomic E-state index is 0.540. The number of aromatic nitrogens is 2. The molecule has 4 heteroatoms. The lowest BCUT2D eigenvalue weighted by atomic mass is 9.84. The fourth-order valence-electron chi connectivity index (χ4n) is 3.64. The smallest absolute Gasteiger partial charge is 0.0669 e. The van der Waals surface area contributed by atoms with Crippen molar-refractivity contribution >= 4 is 0 Å². The molecule has 2 fully saturated rings. The molecule has 20 heavy (non-hydrogen) atoms. The highest BCUT2D eigenvalue weighted by Crippen LogP contribution is 2.36. The predicted molar refractivity (Wildman–Crippen MR) is 81.7 cm³/mol. The van der Waals surface area contributed by atoms with Crippen LogP contribution in [0.5, 0.6) is 0 Å². The molecule has 1 aromatic rings. The SMILES string of the molecule is CCc1nn(C)cc1C1C(CNC2CC2)CCCN1C. The van der Waals surface area contributed by atoms with Crippen molar-refractivity contribution in [2.45, 2.75) is 51.1 Å². The summed E-state index contributed by atoms with van der Waals surface area (Å²) in [4.78, 5) is 2.54. The Morgan fingerprint density at radius 2 is 2.10 bits per heavy atom. The van der Waals surface area contributed by atoms with Gasteiger partial charge in [-0.3, -0.25) is 9.58 Å². The second-order valence-corrected chi connectivity index (χ2v) is 6.57. The molecule has 1 aliphatic carbocycles. The monoisotopic (exact) mass is 276 g/mol. The molecule has 0 amide bonds. The molecule has 2 unspecified atom stereocenters. The van der Waals surface area contributed by atoms with Crippen LogP contribution in [0.25, 0.3) is 0 Å². The first-order valence-corrected chi connectivity index (χ1v) is 8.15. The van der Waals surface area contributed by atoms with E-state index in [9.17, 15) is 0 Å². The summed E-state index contributed by atoms with van der Waals surface area (Å²) in [6.45, 7) is 4.59. The van der Waals surface area contributed by atoms with E-state index >= 15 is 0 Å². The molecule has 1 N–H and O–H groups in total. The lowest BCUT2D eigenvalue weighted by Gasteiger charge is -2.39. The van der Waals surface area contributed by atoms with Crippen LogP contribution in [0.15, 0.2) is 6.20 Å². The normalized spacial score (nSPS) is 27.9. The molecule has 1 aliphatic heterocycles. The van der Waals surface area contributed by atoms with Gasteiger partial charge in [-0.05, 0) is 51.6 Å². The van der Waals surface area contributed by atoms with Crippen LogP contribution in [-0.4, -0.2) is 40.9 Å². The van der Waals surface area contributed by atoms with Crippen molar-refractivity contribution in [2.75, 3.05) is 20.1 Å². The predicted octanol–water partition coefficient (Wildman–Crippen LogP) is 2.12. The molecule has 0 aromatic carbocycles. The number of nitrogens with zero attached hydrogens (tertiary/aromatic N) is 3. The maximum absolute atomic E-state index is 4.65. The summed E-state index contributed by atoms with van der Waals surface area (Å²) >= 11 is 0. The molecule has 3 rings (SSSR count). The summed E-state index contributed by atoms with van der Waals surface area (Å²) < 4.78 is 1.99. The van der Waals surface area contributed by atoms with Gasteiger partial charge < -0.3 is 5.32 Å². The van der Waals surface area contributed by atoms with Gasteiger partial charge >= 0.3 is 0 Å². The number of likely N-dealkylation sites (tertiary alicyclic amines) is 1. The third-order valence-corrected chi connectivity index (χ3v) is 4.84. The van der Waals surface area contributed by atoms with E-state index in [1.165, 1.54) is 43.5 Å². The maximum atomic E-state index is 4.65. The van der Waals surface area contributed by atoms with E-state index in [0.717, 1.165) is 24.9 Å². The van der Waals surface area contributed by atoms with E-state index in [0.29, 0.717) is 6.04 Å². The zero-order valence-corrected chi connectivity index (χ0v) is 13.1. The van der Waals surface area contributed by atoms with Crippen molar-refractivity contribution in [2.24, 2.45) is 13.0 Å². The highest BCUT2D eigenvalue weighted by Gasteiger charge is 2.34. The fraction of sp³-hybridized carbons (Fsp3) is 0.812. The molecule has 2 heterocycles. The first-order chi connectivity index (χ1) is 9.69. The zero-order valence-electron chi connectivity index (χ0n) is 13.1. The number of piperidine rings is 1. The van der Waals surface area contributed by atoms with Crippen LogP contribution >= 0.6 is 0 Å². The largest absolute Gasteiger partial charge is 0.314 e. The molecular weight excluding hydrogens is 248 g/mol. The number of rotatable bonds is 5. The number of hydrogen-bond acceptors (Lipinski definition) is 3. The van der Waals surface area contributed by atoms with Gasteiger partial charge in [0.1, 0.15) is 0 Å². The second-order valence-electron chi connectivity index (χ2n) is 6.57. The van der Waals surface area contributed by atoms with E-state index in [1.807, 2.05) is 11.7 Å². The van der Waals surface area contributed by atoms with Crippen molar-refractivity contribution in [3.05, 3.63) is 17.5 Å². The number of nitrogens with one attached hydrogen (secondary N) is 1. The van der Waals surface area contributed by atoms with E-state index in [4.69, 9.17) is 0 Å². The molecule has 0 bridgehead atoms. The van der Waals surface area contributed by atoms with Gasteiger partial charge in [-0.25, -0.2) is 0 Å². The lowest BCUT2D eigenvalue weighted by molar-refractivity contribution is 0.118. The molecule has 2 aliphatic rings. The van der Waals surface area contributed by atoms with Crippen LogP contribution < -0.4 is 5.32 Å². The van der Waals surface area contributed by atoms with Gasteiger partial charge in [-0.1, -0.05) is 6.92 Å². The Labute approximate surface area is 122 Å². The summed E-state index contributed by atoms with van der Waals surface area (Å²) in [6.07, 6.45) is 8.69. The van der Waals surface area contributed by atoms with Crippen LogP contribution in [0.2, 0.25) is 0 Å². The first kappa shape index (κ1) is 14.1. The fourth-order valence-corrected chi connectivity index (χ4v) is 3.64. The summed E-state index contributed by atoms with van der Waals surface area (Å²) in [5.41, 5.74) is 2.74. The Morgan fingerprint density at radius 1 is 1.30 bits per heavy atom. The highest BCUT2D eigenvalue weighted by molar-refractivity contribution is 5.23. The maximum Gasteiger partial charge on any atom is 0.0669 e. The van der Waals surface area contributed by atoms with Crippen molar-refractivity contribution < 1.29 is 0 Å². The Kier molecular flexibility index (Phi) is 4.13. The van der Waals surface area contributed by atoms with Crippen LogP contribution in [0, 0.1) is 5.92 Å². The standard InChI is InChI=1S/C16H28N4/c1-4-15-14(11-20(3)18-15)16-12(6-5-9-19(16)2)10-17-13-7-8-13/h11-13,16-17H,4-10H2,1-3H3. The van der Waals surface area contributed by atoms with Gasteiger partial charge in [0.2, 0.25) is 0 Å². The second kappa shape index (κ2) is 5.86. The summed E-state index contributed by atoms with van der Waals surface area (Å²) in [5, 5.41) is 8.39. The zero-order chi connectivity index (χ0) is 14.1. The van der Waals surface area contributed by atoms with E-state index in [2.05, 4.69) is 35.5 Å². The Balaban J connectivity index is 1.80. The Bertz CT molecular complexity index is 449. The third kappa shape index (κ3) is 2.91. The average molecular weight is 276 g/mol.